The van der Waals surface area contributed by atoms with Gasteiger partial charge < -0.3 is 4.74 Å². The number of allylic oxidation sites excluding steroid dienone is 1. The Labute approximate surface area is 207 Å². The number of fused-ring (bicyclic) bond motifs is 1. The van der Waals surface area contributed by atoms with Crippen molar-refractivity contribution in [3.8, 4) is 0 Å². The Hall–Kier alpha value is -3.03. The van der Waals surface area contributed by atoms with Crippen LogP contribution < -0.4 is 0 Å². The van der Waals surface area contributed by atoms with Crippen molar-refractivity contribution in [2.45, 2.75) is 39.2 Å². The van der Waals surface area contributed by atoms with Gasteiger partial charge in [0, 0.05) is 15.7 Å². The van der Waals surface area contributed by atoms with E-state index in [0.717, 1.165) is 41.0 Å². The van der Waals surface area contributed by atoms with Gasteiger partial charge in [-0.15, -0.1) is 22.7 Å². The van der Waals surface area contributed by atoms with E-state index in [4.69, 9.17) is 9.84 Å². The largest absolute Gasteiger partial charge is 0.452 e. The summed E-state index contributed by atoms with van der Waals surface area (Å²) in [5, 5.41) is 10.5. The maximum absolute atomic E-state index is 13.3. The summed E-state index contributed by atoms with van der Waals surface area (Å²) in [7, 11) is 0. The summed E-state index contributed by atoms with van der Waals surface area (Å²) in [6, 6.07) is 13.6. The first-order chi connectivity index (χ1) is 16.5. The fourth-order valence-electron chi connectivity index (χ4n) is 4.86. The first kappa shape index (κ1) is 22.7. The lowest BCUT2D eigenvalue weighted by atomic mass is 9.79. The van der Waals surface area contributed by atoms with E-state index in [1.807, 2.05) is 37.4 Å². The smallest absolute Gasteiger partial charge is 0.338 e. The van der Waals surface area contributed by atoms with E-state index in [2.05, 4.69) is 23.6 Å². The summed E-state index contributed by atoms with van der Waals surface area (Å²) < 4.78 is 5.43. The van der Waals surface area contributed by atoms with Gasteiger partial charge in [0.1, 0.15) is 0 Å². The van der Waals surface area contributed by atoms with E-state index in [1.165, 1.54) is 10.5 Å². The highest BCUT2D eigenvalue weighted by Crippen LogP contribution is 2.45. The summed E-state index contributed by atoms with van der Waals surface area (Å²) >= 11 is 3.34. The van der Waals surface area contributed by atoms with E-state index >= 15 is 0 Å². The first-order valence-electron chi connectivity index (χ1n) is 11.4. The summed E-state index contributed by atoms with van der Waals surface area (Å²) in [6.07, 6.45) is 5.20. The molecule has 0 saturated heterocycles. The minimum Gasteiger partial charge on any atom is -0.452 e. The first-order valence-corrected chi connectivity index (χ1v) is 13.2. The van der Waals surface area contributed by atoms with Gasteiger partial charge in [-0.05, 0) is 79.8 Å². The highest BCUT2D eigenvalue weighted by Gasteiger charge is 2.44. The van der Waals surface area contributed by atoms with Crippen LogP contribution in [0.15, 0.2) is 63.9 Å². The van der Waals surface area contributed by atoms with E-state index in [9.17, 15) is 9.59 Å². The second-order valence-corrected chi connectivity index (χ2v) is 10.8. The minimum absolute atomic E-state index is 0.151. The Bertz CT molecular complexity index is 1240. The second kappa shape index (κ2) is 9.68. The van der Waals surface area contributed by atoms with Gasteiger partial charge in [0.15, 0.2) is 6.61 Å². The van der Waals surface area contributed by atoms with Gasteiger partial charge in [0.2, 0.25) is 0 Å². The Morgan fingerprint density at radius 3 is 2.59 bits per heavy atom. The van der Waals surface area contributed by atoms with Crippen LogP contribution in [0.2, 0.25) is 0 Å². The lowest BCUT2D eigenvalue weighted by molar-refractivity contribution is -0.136. The number of hydrazone groups is 1. The monoisotopic (exact) mass is 490 g/mol. The van der Waals surface area contributed by atoms with E-state index in [1.54, 1.807) is 39.8 Å². The highest BCUT2D eigenvalue weighted by atomic mass is 32.1. The predicted molar refractivity (Wildman–Crippen MR) is 137 cm³/mol. The summed E-state index contributed by atoms with van der Waals surface area (Å²) in [6.45, 7) is 3.54. The molecule has 3 heterocycles. The molecule has 1 fully saturated rings. The maximum atomic E-state index is 13.3. The van der Waals surface area contributed by atoms with Gasteiger partial charge in [-0.2, -0.15) is 5.10 Å². The molecule has 2 aromatic heterocycles. The molecule has 2 aliphatic rings. The quantitative estimate of drug-likeness (QED) is 0.389. The number of hydrogen-bond acceptors (Lipinski definition) is 6. The number of rotatable bonds is 5. The number of hydrogen-bond donors (Lipinski definition) is 0. The van der Waals surface area contributed by atoms with E-state index in [0.29, 0.717) is 5.56 Å². The molecule has 34 heavy (non-hydrogen) atoms. The Balaban J connectivity index is 1.39. The van der Waals surface area contributed by atoms with Crippen molar-refractivity contribution in [1.29, 1.82) is 0 Å². The molecule has 0 radical (unpaired) electrons. The van der Waals surface area contributed by atoms with Crippen LogP contribution in [-0.2, 0) is 9.53 Å². The van der Waals surface area contributed by atoms with Crippen LogP contribution in [-0.4, -0.2) is 29.2 Å². The number of benzene rings is 1. The predicted octanol–water partition coefficient (Wildman–Crippen LogP) is 6.41. The van der Waals surface area contributed by atoms with Crippen molar-refractivity contribution in [3.05, 3.63) is 85.2 Å². The molecule has 2 atom stereocenters. The van der Waals surface area contributed by atoms with Gasteiger partial charge in [0.25, 0.3) is 5.91 Å². The van der Waals surface area contributed by atoms with E-state index < -0.39 is 5.97 Å². The zero-order valence-electron chi connectivity index (χ0n) is 19.2. The van der Waals surface area contributed by atoms with Gasteiger partial charge in [-0.25, -0.2) is 9.80 Å². The molecule has 1 aromatic carbocycles. The van der Waals surface area contributed by atoms with Crippen LogP contribution in [0.3, 0.4) is 0 Å². The van der Waals surface area contributed by atoms with Gasteiger partial charge in [-0.3, -0.25) is 4.79 Å². The molecule has 7 heteroatoms. The van der Waals surface area contributed by atoms with Gasteiger partial charge in [0.05, 0.1) is 17.3 Å². The summed E-state index contributed by atoms with van der Waals surface area (Å²) in [5.74, 6) is -0.637. The maximum Gasteiger partial charge on any atom is 0.338 e. The molecule has 1 aliphatic heterocycles. The second-order valence-electron chi connectivity index (χ2n) is 8.82. The van der Waals surface area contributed by atoms with Crippen molar-refractivity contribution in [2.75, 3.05) is 6.61 Å². The summed E-state index contributed by atoms with van der Waals surface area (Å²) in [4.78, 5) is 28.2. The summed E-state index contributed by atoms with van der Waals surface area (Å²) in [5.41, 5.74) is 4.62. The highest BCUT2D eigenvalue weighted by molar-refractivity contribution is 7.11. The van der Waals surface area contributed by atoms with Crippen LogP contribution in [0.25, 0.3) is 6.08 Å². The van der Waals surface area contributed by atoms with Crippen molar-refractivity contribution in [3.63, 3.8) is 0 Å². The van der Waals surface area contributed by atoms with Crippen LogP contribution >= 0.6 is 22.7 Å². The minimum atomic E-state index is -0.490. The van der Waals surface area contributed by atoms with Gasteiger partial charge >= 0.3 is 5.97 Å². The van der Waals surface area contributed by atoms with Crippen molar-refractivity contribution in [2.24, 2.45) is 11.0 Å². The van der Waals surface area contributed by atoms with Crippen molar-refractivity contribution < 1.29 is 14.3 Å². The molecule has 1 aliphatic carbocycles. The third kappa shape index (κ3) is 4.63. The molecular formula is C27H26N2O3S2. The zero-order chi connectivity index (χ0) is 23.7. The average molecular weight is 491 g/mol. The average Bonchev–Trinajstić information content (AvgIpc) is 3.57. The number of carbonyl (C=O) groups is 2. The Morgan fingerprint density at radius 1 is 1.12 bits per heavy atom. The van der Waals surface area contributed by atoms with Gasteiger partial charge in [-0.1, -0.05) is 29.3 Å². The van der Waals surface area contributed by atoms with E-state index in [-0.39, 0.29) is 24.5 Å². The topological polar surface area (TPSA) is 59.0 Å². The third-order valence-electron chi connectivity index (χ3n) is 6.24. The molecule has 3 aromatic rings. The SMILES string of the molecule is Cc1cc(C)cc(C(=O)OCC(=O)N2N=C3C(=Cc4cccs4)CCCC3C2c2cccs2)c1. The molecule has 0 bridgehead atoms. The molecule has 174 valence electrons. The molecule has 1 amide bonds. The molecule has 5 nitrogen and oxygen atoms in total. The molecule has 0 N–H and O–H groups in total. The molecule has 2 unspecified atom stereocenters. The van der Waals surface area contributed by atoms with Crippen molar-refractivity contribution >= 4 is 46.3 Å². The number of nitrogens with zero attached hydrogens (tertiary/aromatic N) is 2. The number of aryl methyl sites for hydroxylation is 2. The fourth-order valence-corrected chi connectivity index (χ4v) is 6.42. The van der Waals surface area contributed by atoms with Crippen LogP contribution in [0.1, 0.15) is 56.5 Å². The van der Waals surface area contributed by atoms with Crippen molar-refractivity contribution in [1.82, 2.24) is 5.01 Å². The van der Waals surface area contributed by atoms with Crippen LogP contribution in [0, 0.1) is 19.8 Å². The number of ether oxygens (including phenoxy) is 1. The fraction of sp³-hybridized carbons (Fsp3) is 0.296. The number of esters is 1. The zero-order valence-corrected chi connectivity index (χ0v) is 20.8. The van der Waals surface area contributed by atoms with Crippen LogP contribution in [0.5, 0.6) is 0 Å². The number of carbonyl (C=O) groups excluding carboxylic acids is 2. The molecule has 5 rings (SSSR count). The normalized spacial score (nSPS) is 20.8. The molecule has 0 spiro atoms. The standard InChI is InChI=1S/C27H26N2O3S2/c1-17-12-18(2)14-20(13-17)27(31)32-16-24(30)29-26(23-9-5-11-34-23)22-8-3-6-19(25(22)28-29)15-21-7-4-10-33-21/h4-5,7,9-15,22,26H,3,6,8,16H2,1-2H3. The third-order valence-corrected chi connectivity index (χ3v) is 8.00. The number of amides is 1. The Morgan fingerprint density at radius 2 is 1.88 bits per heavy atom. The molecular weight excluding hydrogens is 464 g/mol. The lowest BCUT2D eigenvalue weighted by Crippen LogP contribution is -2.34. The number of thiophene rings is 2. The van der Waals surface area contributed by atoms with Crippen LogP contribution in [0.4, 0.5) is 0 Å². The lowest BCUT2D eigenvalue weighted by Gasteiger charge is -2.28. The Kier molecular flexibility index (Phi) is 6.48. The molecule has 1 saturated carbocycles.